The third-order valence-electron chi connectivity index (χ3n) is 10.2. The number of amides is 5. The highest BCUT2D eigenvalue weighted by Gasteiger charge is 2.62. The number of benzene rings is 1. The molecule has 3 fully saturated rings. The molecule has 284 valence electrons. The summed E-state index contributed by atoms with van der Waals surface area (Å²) in [6.45, 7) is 5.42. The molecule has 52 heavy (non-hydrogen) atoms. The molecule has 0 unspecified atom stereocenters. The highest BCUT2D eigenvalue weighted by Crippen LogP contribution is 2.46. The molecule has 0 radical (unpaired) electrons. The minimum absolute atomic E-state index is 0.101. The number of nitrogens with zero attached hydrogens (tertiary/aromatic N) is 2. The van der Waals surface area contributed by atoms with Gasteiger partial charge in [0.2, 0.25) is 21.8 Å². The van der Waals surface area contributed by atoms with Crippen molar-refractivity contribution < 1.29 is 46.3 Å². The number of alkyl carbamates (subject to hydrolysis) is 1. The van der Waals surface area contributed by atoms with Crippen LogP contribution >= 0.6 is 0 Å². The topological polar surface area (TPSA) is 181 Å². The normalized spacial score (nSPS) is 28.2. The maximum Gasteiger partial charge on any atom is 0.410 e. The van der Waals surface area contributed by atoms with E-state index in [0.717, 1.165) is 24.0 Å². The Kier molecular flexibility index (Phi) is 10.6. The third-order valence-corrected chi connectivity index (χ3v) is 12.1. The molecule has 1 aromatic carbocycles. The van der Waals surface area contributed by atoms with Gasteiger partial charge in [-0.15, -0.1) is 0 Å². The van der Waals surface area contributed by atoms with E-state index in [-0.39, 0.29) is 44.7 Å². The molecule has 6 rings (SSSR count). The van der Waals surface area contributed by atoms with Crippen LogP contribution < -0.4 is 15.4 Å². The molecule has 3 heterocycles. The number of nitrogens with one attached hydrogen (secondary N) is 3. The molecule has 3 N–H and O–H groups in total. The summed E-state index contributed by atoms with van der Waals surface area (Å²) in [6.07, 6.45) is 5.76. The van der Waals surface area contributed by atoms with Crippen molar-refractivity contribution in [3.8, 4) is 0 Å². The van der Waals surface area contributed by atoms with Crippen molar-refractivity contribution in [2.45, 2.75) is 126 Å². The summed E-state index contributed by atoms with van der Waals surface area (Å²) < 4.78 is 52.8. The zero-order valence-corrected chi connectivity index (χ0v) is 30.6. The highest BCUT2D eigenvalue weighted by atomic mass is 32.2. The molecule has 0 bridgehead atoms. The number of hydrogen-bond donors (Lipinski definition) is 3. The van der Waals surface area contributed by atoms with Crippen molar-refractivity contribution in [2.24, 2.45) is 5.92 Å². The number of rotatable bonds is 5. The molecular weight excluding hydrogens is 697 g/mol. The summed E-state index contributed by atoms with van der Waals surface area (Å²) in [4.78, 5) is 71.2. The molecule has 5 aliphatic rings. The van der Waals surface area contributed by atoms with Crippen molar-refractivity contribution in [1.82, 2.24) is 25.2 Å². The molecule has 2 aliphatic carbocycles. The number of ether oxygens (including phenoxy) is 2. The molecule has 0 spiro atoms. The summed E-state index contributed by atoms with van der Waals surface area (Å²) in [5, 5.41) is 4.82. The first-order valence-electron chi connectivity index (χ1n) is 18.1. The first-order valence-corrected chi connectivity index (χ1v) is 19.7. The summed E-state index contributed by atoms with van der Waals surface area (Å²) in [5.74, 6) is -2.94. The van der Waals surface area contributed by atoms with Gasteiger partial charge in [-0.2, -0.15) is 0 Å². The monoisotopic (exact) mass is 745 g/mol. The Hall–Kier alpha value is -4.21. The van der Waals surface area contributed by atoms with E-state index in [9.17, 15) is 36.8 Å². The molecular formula is C36H48FN5O9S. The van der Waals surface area contributed by atoms with Gasteiger partial charge in [-0.1, -0.05) is 31.1 Å². The van der Waals surface area contributed by atoms with E-state index in [4.69, 9.17) is 9.47 Å². The summed E-state index contributed by atoms with van der Waals surface area (Å²) >= 11 is 0. The summed E-state index contributed by atoms with van der Waals surface area (Å²) in [5.41, 5.74) is -0.790. The SMILES string of the molecule is CC(C)(C)OC(=O)N[C@H]1CCCCCC=C[C@@H]2C[C@@]2(C(=O)NS(=O)(=O)C2CC2)NC(=O)[C@@H]2C[C@@H](OC(=O)N3CCc4cc(F)ccc4C3)CN2C1=O. The molecule has 14 nitrogen and oxygen atoms in total. The lowest BCUT2D eigenvalue weighted by Crippen LogP contribution is -2.58. The lowest BCUT2D eigenvalue weighted by molar-refractivity contribution is -0.141. The molecule has 1 aromatic rings. The van der Waals surface area contributed by atoms with Crippen LogP contribution in [-0.4, -0.2) is 95.8 Å². The Morgan fingerprint density at radius 1 is 1.06 bits per heavy atom. The summed E-state index contributed by atoms with van der Waals surface area (Å²) in [7, 11) is -3.91. The van der Waals surface area contributed by atoms with Gasteiger partial charge in [-0.3, -0.25) is 19.1 Å². The average Bonchev–Trinajstić information content (AvgIpc) is 3.99. The fourth-order valence-electron chi connectivity index (χ4n) is 7.19. The van der Waals surface area contributed by atoms with E-state index in [1.165, 1.54) is 21.9 Å². The van der Waals surface area contributed by atoms with Crippen molar-refractivity contribution in [1.29, 1.82) is 0 Å². The molecule has 2 saturated carbocycles. The van der Waals surface area contributed by atoms with Gasteiger partial charge in [-0.05, 0) is 89.0 Å². The Labute approximate surface area is 303 Å². The van der Waals surface area contributed by atoms with Crippen molar-refractivity contribution in [3.05, 3.63) is 47.3 Å². The van der Waals surface area contributed by atoms with Gasteiger partial charge in [0.05, 0.1) is 11.8 Å². The van der Waals surface area contributed by atoms with Crippen LogP contribution in [0, 0.1) is 11.7 Å². The van der Waals surface area contributed by atoms with Gasteiger partial charge < -0.3 is 29.9 Å². The van der Waals surface area contributed by atoms with E-state index in [0.29, 0.717) is 32.1 Å². The van der Waals surface area contributed by atoms with Crippen molar-refractivity contribution >= 4 is 39.9 Å². The number of allylic oxidation sites excluding steroid dienone is 1. The molecule has 16 heteroatoms. The van der Waals surface area contributed by atoms with Crippen LogP contribution in [0.5, 0.6) is 0 Å². The van der Waals surface area contributed by atoms with E-state index in [1.54, 1.807) is 26.8 Å². The van der Waals surface area contributed by atoms with Crippen LogP contribution in [-0.2, 0) is 46.8 Å². The first-order chi connectivity index (χ1) is 24.5. The van der Waals surface area contributed by atoms with E-state index in [2.05, 4.69) is 15.4 Å². The number of hydrogen-bond acceptors (Lipinski definition) is 9. The largest absolute Gasteiger partial charge is 0.444 e. The minimum Gasteiger partial charge on any atom is -0.444 e. The Bertz CT molecular complexity index is 1740. The Morgan fingerprint density at radius 3 is 2.56 bits per heavy atom. The predicted octanol–water partition coefficient (Wildman–Crippen LogP) is 3.19. The Balaban J connectivity index is 1.24. The molecule has 0 aromatic heterocycles. The van der Waals surface area contributed by atoms with Crippen LogP contribution in [0.4, 0.5) is 14.0 Å². The van der Waals surface area contributed by atoms with Crippen LogP contribution in [0.1, 0.15) is 89.7 Å². The van der Waals surface area contributed by atoms with Gasteiger partial charge in [0, 0.05) is 25.4 Å². The van der Waals surface area contributed by atoms with E-state index in [1.807, 2.05) is 12.2 Å². The maximum absolute atomic E-state index is 14.3. The average molecular weight is 746 g/mol. The molecule has 5 atom stereocenters. The predicted molar refractivity (Wildman–Crippen MR) is 185 cm³/mol. The van der Waals surface area contributed by atoms with Gasteiger partial charge in [-0.25, -0.2) is 22.4 Å². The zero-order valence-electron chi connectivity index (χ0n) is 29.8. The minimum atomic E-state index is -3.91. The summed E-state index contributed by atoms with van der Waals surface area (Å²) in [6, 6.07) is 2.13. The lowest BCUT2D eigenvalue weighted by atomic mass is 10.00. The van der Waals surface area contributed by atoms with E-state index >= 15 is 0 Å². The van der Waals surface area contributed by atoms with Gasteiger partial charge in [0.15, 0.2) is 0 Å². The zero-order chi connectivity index (χ0) is 37.4. The number of carbonyl (C=O) groups is 5. The van der Waals surface area contributed by atoms with Gasteiger partial charge in [0.1, 0.15) is 35.1 Å². The van der Waals surface area contributed by atoms with Crippen molar-refractivity contribution in [3.63, 3.8) is 0 Å². The quantitative estimate of drug-likeness (QED) is 0.382. The Morgan fingerprint density at radius 2 is 1.83 bits per heavy atom. The second kappa shape index (κ2) is 14.7. The standard InChI is InChI=1S/C36H48FN5O9S/c1-35(2,3)51-33(46)38-28-10-8-6-4-5-7-9-24-19-36(24,32(45)40-52(48,49)27-13-14-27)39-30(43)29-18-26(21-42(29)31(28)44)50-34(47)41-16-15-22-17-25(37)12-11-23(22)20-41/h7,9,11-12,17,24,26-29H,4-6,8,10,13-16,18-21H2,1-3H3,(H,38,46)(H,39,43)(H,40,45)/t24-,26-,28+,29+,36-/m1/s1. The maximum atomic E-state index is 14.3. The van der Waals surface area contributed by atoms with Crippen LogP contribution in [0.15, 0.2) is 30.4 Å². The fraction of sp³-hybridized carbons (Fsp3) is 0.639. The molecule has 5 amide bonds. The number of carbonyl (C=O) groups excluding carboxylic acids is 5. The first kappa shape index (κ1) is 37.5. The van der Waals surface area contributed by atoms with Crippen LogP contribution in [0.2, 0.25) is 0 Å². The van der Waals surface area contributed by atoms with Gasteiger partial charge in [0.25, 0.3) is 5.91 Å². The second-order valence-electron chi connectivity index (χ2n) is 15.5. The van der Waals surface area contributed by atoms with E-state index < -0.39 is 80.4 Å². The third kappa shape index (κ3) is 8.69. The molecule has 1 saturated heterocycles. The van der Waals surface area contributed by atoms with Crippen molar-refractivity contribution in [2.75, 3.05) is 13.1 Å². The second-order valence-corrected chi connectivity index (χ2v) is 17.5. The number of sulfonamides is 1. The highest BCUT2D eigenvalue weighted by molar-refractivity contribution is 7.91. The number of halogens is 1. The smallest absolute Gasteiger partial charge is 0.410 e. The lowest BCUT2D eigenvalue weighted by Gasteiger charge is -2.30. The van der Waals surface area contributed by atoms with Gasteiger partial charge >= 0.3 is 12.2 Å². The number of fused-ring (bicyclic) bond motifs is 3. The van der Waals surface area contributed by atoms with Crippen LogP contribution in [0.25, 0.3) is 0 Å². The van der Waals surface area contributed by atoms with Crippen LogP contribution in [0.3, 0.4) is 0 Å². The fourth-order valence-corrected chi connectivity index (χ4v) is 8.56. The molecule has 3 aliphatic heterocycles.